The van der Waals surface area contributed by atoms with Crippen molar-refractivity contribution in [1.29, 1.82) is 0 Å². The Morgan fingerprint density at radius 2 is 1.60 bits per heavy atom. The molecule has 0 saturated carbocycles. The summed E-state index contributed by atoms with van der Waals surface area (Å²) in [5.41, 5.74) is 0.610. The van der Waals surface area contributed by atoms with Crippen LogP contribution in [-0.4, -0.2) is 48.5 Å². The number of methoxy groups -OCH3 is 3. The van der Waals surface area contributed by atoms with E-state index in [0.29, 0.717) is 16.3 Å². The smallest absolute Gasteiger partial charge is 0.241 e. The molecule has 2 N–H and O–H groups in total. The van der Waals surface area contributed by atoms with E-state index in [1.165, 1.54) is 45.6 Å². The lowest BCUT2D eigenvalue weighted by Gasteiger charge is -2.20. The van der Waals surface area contributed by atoms with Gasteiger partial charge in [0.15, 0.2) is 6.29 Å². The quantitative estimate of drug-likeness (QED) is 0.503. The Morgan fingerprint density at radius 1 is 1.00 bits per heavy atom. The Morgan fingerprint density at radius 3 is 2.13 bits per heavy atom. The average molecular weight is 457 g/mol. The predicted molar refractivity (Wildman–Crippen MR) is 113 cm³/mol. The van der Waals surface area contributed by atoms with Crippen LogP contribution in [0.5, 0.6) is 5.75 Å². The van der Waals surface area contributed by atoms with Crippen LogP contribution in [0.25, 0.3) is 0 Å². The average Bonchev–Trinajstić information content (AvgIpc) is 2.74. The fourth-order valence-electron chi connectivity index (χ4n) is 2.65. The van der Waals surface area contributed by atoms with Crippen molar-refractivity contribution < 1.29 is 27.4 Å². The number of carbonyl (C=O) groups is 1. The highest BCUT2D eigenvalue weighted by molar-refractivity contribution is 7.89. The zero-order valence-electron chi connectivity index (χ0n) is 16.9. The van der Waals surface area contributed by atoms with E-state index in [-0.39, 0.29) is 23.8 Å². The van der Waals surface area contributed by atoms with Crippen LogP contribution in [0.1, 0.15) is 18.0 Å². The van der Waals surface area contributed by atoms with Crippen molar-refractivity contribution in [2.45, 2.75) is 23.6 Å². The van der Waals surface area contributed by atoms with Crippen LogP contribution in [0.15, 0.2) is 53.4 Å². The normalized spacial score (nSPS) is 12.6. The largest absolute Gasteiger partial charge is 0.497 e. The van der Waals surface area contributed by atoms with Gasteiger partial charge in [-0.2, -0.15) is 0 Å². The lowest BCUT2D eigenvalue weighted by Crippen LogP contribution is -2.37. The summed E-state index contributed by atoms with van der Waals surface area (Å²) < 4.78 is 43.5. The van der Waals surface area contributed by atoms with E-state index in [2.05, 4.69) is 10.0 Å². The molecule has 1 amide bonds. The molecule has 164 valence electrons. The molecule has 1 atom stereocenters. The Labute approximate surface area is 181 Å². The van der Waals surface area contributed by atoms with Crippen LogP contribution in [0, 0.1) is 0 Å². The van der Waals surface area contributed by atoms with Crippen molar-refractivity contribution in [2.24, 2.45) is 0 Å². The van der Waals surface area contributed by atoms with Crippen LogP contribution in [-0.2, 0) is 24.3 Å². The first-order valence-electron chi connectivity index (χ1n) is 9.03. The van der Waals surface area contributed by atoms with E-state index in [0.717, 1.165) is 0 Å². The second kappa shape index (κ2) is 11.3. The summed E-state index contributed by atoms with van der Waals surface area (Å²) >= 11 is 5.84. The maximum absolute atomic E-state index is 12.8. The Hall–Kier alpha value is -2.17. The van der Waals surface area contributed by atoms with Crippen LogP contribution in [0.2, 0.25) is 5.02 Å². The number of ether oxygens (including phenoxy) is 3. The molecule has 0 aliphatic carbocycles. The van der Waals surface area contributed by atoms with E-state index < -0.39 is 22.4 Å². The summed E-state index contributed by atoms with van der Waals surface area (Å²) in [6.45, 7) is 0.130. The second-order valence-electron chi connectivity index (χ2n) is 6.31. The zero-order chi connectivity index (χ0) is 22.1. The Kier molecular flexibility index (Phi) is 9.07. The molecule has 0 spiro atoms. The summed E-state index contributed by atoms with van der Waals surface area (Å²) in [5, 5.41) is 3.10. The summed E-state index contributed by atoms with van der Waals surface area (Å²) in [7, 11) is 0.555. The lowest BCUT2D eigenvalue weighted by atomic mass is 10.0. The van der Waals surface area contributed by atoms with Crippen LogP contribution in [0.4, 0.5) is 0 Å². The van der Waals surface area contributed by atoms with Gasteiger partial charge in [-0.1, -0.05) is 23.7 Å². The van der Waals surface area contributed by atoms with Crippen molar-refractivity contribution in [3.05, 3.63) is 59.1 Å². The lowest BCUT2D eigenvalue weighted by molar-refractivity contribution is -0.127. The molecule has 30 heavy (non-hydrogen) atoms. The molecule has 0 heterocycles. The third-order valence-corrected chi connectivity index (χ3v) is 6.06. The van der Waals surface area contributed by atoms with Gasteiger partial charge in [-0.05, 0) is 42.0 Å². The summed E-state index contributed by atoms with van der Waals surface area (Å²) in [5.74, 6) is 0.249. The van der Waals surface area contributed by atoms with Gasteiger partial charge < -0.3 is 19.5 Å². The van der Waals surface area contributed by atoms with Crippen molar-refractivity contribution in [3.63, 3.8) is 0 Å². The summed E-state index contributed by atoms with van der Waals surface area (Å²) in [6.07, 6.45) is -0.724. The monoisotopic (exact) mass is 456 g/mol. The van der Waals surface area contributed by atoms with Gasteiger partial charge in [-0.25, -0.2) is 13.1 Å². The Bertz CT molecular complexity index is 915. The number of hydrogen-bond donors (Lipinski definition) is 2. The number of amides is 1. The van der Waals surface area contributed by atoms with Gasteiger partial charge in [0, 0.05) is 25.7 Å². The molecular formula is C20H25ClN2O6S. The highest BCUT2D eigenvalue weighted by Gasteiger charge is 2.24. The first-order chi connectivity index (χ1) is 14.3. The van der Waals surface area contributed by atoms with E-state index in [1.807, 2.05) is 0 Å². The molecule has 2 aromatic rings. The molecule has 2 aromatic carbocycles. The van der Waals surface area contributed by atoms with Crippen LogP contribution >= 0.6 is 11.6 Å². The summed E-state index contributed by atoms with van der Waals surface area (Å²) in [6, 6.07) is 11.8. The molecule has 2 rings (SSSR count). The molecular weight excluding hydrogens is 432 g/mol. The van der Waals surface area contributed by atoms with E-state index in [4.69, 9.17) is 25.8 Å². The number of sulfonamides is 1. The molecule has 0 fully saturated rings. The number of rotatable bonds is 11. The zero-order valence-corrected chi connectivity index (χ0v) is 18.5. The van der Waals surface area contributed by atoms with Gasteiger partial charge in [0.2, 0.25) is 15.9 Å². The maximum atomic E-state index is 12.8. The minimum absolute atomic E-state index is 0.0460. The fourth-order valence-corrected chi connectivity index (χ4v) is 4.00. The van der Waals surface area contributed by atoms with Crippen LogP contribution in [0.3, 0.4) is 0 Å². The number of halogens is 1. The van der Waals surface area contributed by atoms with E-state index in [9.17, 15) is 13.2 Å². The van der Waals surface area contributed by atoms with Gasteiger partial charge in [0.25, 0.3) is 0 Å². The first kappa shape index (κ1) is 24.1. The van der Waals surface area contributed by atoms with Gasteiger partial charge >= 0.3 is 0 Å². The van der Waals surface area contributed by atoms with Gasteiger partial charge in [0.1, 0.15) is 5.75 Å². The molecule has 0 aliphatic heterocycles. The first-order valence-corrected chi connectivity index (χ1v) is 10.9. The Balaban J connectivity index is 2.22. The van der Waals surface area contributed by atoms with Crippen molar-refractivity contribution in [3.8, 4) is 5.75 Å². The van der Waals surface area contributed by atoms with E-state index in [1.54, 1.807) is 24.3 Å². The molecule has 0 bridgehead atoms. The molecule has 8 nitrogen and oxygen atoms in total. The maximum Gasteiger partial charge on any atom is 0.241 e. The highest BCUT2D eigenvalue weighted by atomic mass is 35.5. The third-order valence-electron chi connectivity index (χ3n) is 4.32. The summed E-state index contributed by atoms with van der Waals surface area (Å²) in [4.78, 5) is 12.5. The van der Waals surface area contributed by atoms with Crippen LogP contribution < -0.4 is 14.8 Å². The molecule has 0 saturated heterocycles. The number of carbonyl (C=O) groups excluding carboxylic acids is 1. The molecule has 0 aromatic heterocycles. The topological polar surface area (TPSA) is 103 Å². The molecule has 0 radical (unpaired) electrons. The number of benzene rings is 2. The highest BCUT2D eigenvalue weighted by Crippen LogP contribution is 2.23. The van der Waals surface area contributed by atoms with E-state index >= 15 is 0 Å². The SMILES string of the molecule is COc1ccc([C@@H](CC(=O)NCC(OC)OC)NS(=O)(=O)c2ccc(Cl)cc2)cc1. The second-order valence-corrected chi connectivity index (χ2v) is 8.46. The predicted octanol–water partition coefficient (Wildman–Crippen LogP) is 2.49. The molecule has 10 heteroatoms. The minimum atomic E-state index is -3.90. The molecule has 0 unspecified atom stereocenters. The van der Waals surface area contributed by atoms with Crippen molar-refractivity contribution in [2.75, 3.05) is 27.9 Å². The van der Waals surface area contributed by atoms with Crippen molar-refractivity contribution >= 4 is 27.5 Å². The van der Waals surface area contributed by atoms with Gasteiger partial charge in [-0.15, -0.1) is 0 Å². The van der Waals surface area contributed by atoms with Gasteiger partial charge in [-0.3, -0.25) is 4.79 Å². The molecule has 0 aliphatic rings. The van der Waals surface area contributed by atoms with Crippen molar-refractivity contribution in [1.82, 2.24) is 10.0 Å². The standard InChI is InChI=1S/C20H25ClN2O6S/c1-27-16-8-4-14(5-9-16)18(12-19(24)22-13-20(28-2)29-3)23-30(25,26)17-10-6-15(21)7-11-17/h4-11,18,20,23H,12-13H2,1-3H3,(H,22,24)/t18-/m1/s1. The number of hydrogen-bond acceptors (Lipinski definition) is 6. The minimum Gasteiger partial charge on any atom is -0.497 e. The number of nitrogens with one attached hydrogen (secondary N) is 2. The third kappa shape index (κ3) is 6.96. The fraction of sp³-hybridized carbons (Fsp3) is 0.350. The van der Waals surface area contributed by atoms with Gasteiger partial charge in [0.05, 0.1) is 24.6 Å².